The second-order valence-corrected chi connectivity index (χ2v) is 5.78. The third kappa shape index (κ3) is 4.22. The Kier molecular flexibility index (Phi) is 5.21. The first-order valence-electron chi connectivity index (χ1n) is 8.01. The number of hydrogen-bond acceptors (Lipinski definition) is 4. The Bertz CT molecular complexity index is 1070. The van der Waals surface area contributed by atoms with Crippen LogP contribution in [0.5, 0.6) is 0 Å². The summed E-state index contributed by atoms with van der Waals surface area (Å²) in [5, 5.41) is 3.73. The van der Waals surface area contributed by atoms with Gasteiger partial charge in [0.2, 0.25) is 0 Å². The highest BCUT2D eigenvalue weighted by Crippen LogP contribution is 2.33. The average Bonchev–Trinajstić information content (AvgIpc) is 2.65. The van der Waals surface area contributed by atoms with Crippen molar-refractivity contribution in [3.8, 4) is 0 Å². The van der Waals surface area contributed by atoms with Crippen molar-refractivity contribution >= 4 is 28.0 Å². The van der Waals surface area contributed by atoms with E-state index in [4.69, 9.17) is 0 Å². The standard InChI is InChI=1S/C20H14F4N4/c1-12(20(22,23)24)10-16(13(2)21)18-11-17(27-14-5-8-25-9-6-14)15-4-3-7-26-19(15)28-18/h3-11H,1-2H2,(H,25,26,27,28)/b16-10+. The quantitative estimate of drug-likeness (QED) is 0.448. The van der Waals surface area contributed by atoms with Crippen LogP contribution >= 0.6 is 0 Å². The number of pyridine rings is 3. The first-order chi connectivity index (χ1) is 13.3. The van der Waals surface area contributed by atoms with Gasteiger partial charge in [-0.15, -0.1) is 0 Å². The molecule has 0 aliphatic carbocycles. The Morgan fingerprint density at radius 2 is 1.79 bits per heavy atom. The number of fused-ring (bicyclic) bond motifs is 1. The summed E-state index contributed by atoms with van der Waals surface area (Å²) in [7, 11) is 0. The second-order valence-electron chi connectivity index (χ2n) is 5.78. The Labute approximate surface area is 158 Å². The SMILES string of the molecule is C=C(F)/C(=C\C(=C)C(F)(F)F)c1cc(Nc2ccncc2)c2cccnc2n1. The molecule has 3 aromatic heterocycles. The van der Waals surface area contributed by atoms with Crippen LogP contribution in [-0.2, 0) is 0 Å². The summed E-state index contributed by atoms with van der Waals surface area (Å²) in [4.78, 5) is 12.2. The zero-order valence-corrected chi connectivity index (χ0v) is 14.5. The molecule has 0 bridgehead atoms. The van der Waals surface area contributed by atoms with Crippen LogP contribution in [-0.4, -0.2) is 21.1 Å². The molecule has 0 atom stereocenters. The lowest BCUT2D eigenvalue weighted by atomic mass is 10.1. The van der Waals surface area contributed by atoms with Crippen LogP contribution in [0.25, 0.3) is 16.6 Å². The number of halogens is 4. The molecule has 0 aliphatic rings. The van der Waals surface area contributed by atoms with Gasteiger partial charge in [-0.25, -0.2) is 14.4 Å². The summed E-state index contributed by atoms with van der Waals surface area (Å²) in [6.45, 7) is 6.08. The Balaban J connectivity index is 2.16. The number of rotatable bonds is 5. The number of alkyl halides is 3. The van der Waals surface area contributed by atoms with Gasteiger partial charge >= 0.3 is 6.18 Å². The van der Waals surface area contributed by atoms with Crippen LogP contribution in [0.3, 0.4) is 0 Å². The van der Waals surface area contributed by atoms with Crippen molar-refractivity contribution in [2.24, 2.45) is 0 Å². The largest absolute Gasteiger partial charge is 0.415 e. The highest BCUT2D eigenvalue weighted by molar-refractivity contribution is 5.93. The topological polar surface area (TPSA) is 50.7 Å². The number of hydrogen-bond donors (Lipinski definition) is 1. The molecule has 0 fully saturated rings. The van der Waals surface area contributed by atoms with Crippen molar-refractivity contribution in [1.82, 2.24) is 15.0 Å². The van der Waals surface area contributed by atoms with Crippen molar-refractivity contribution in [1.29, 1.82) is 0 Å². The summed E-state index contributed by atoms with van der Waals surface area (Å²) in [5.74, 6) is -1.07. The van der Waals surface area contributed by atoms with E-state index in [1.54, 1.807) is 36.7 Å². The van der Waals surface area contributed by atoms with Crippen molar-refractivity contribution in [2.75, 3.05) is 5.32 Å². The summed E-state index contributed by atoms with van der Waals surface area (Å²) in [5.41, 5.74) is -0.284. The summed E-state index contributed by atoms with van der Waals surface area (Å²) in [6, 6.07) is 8.28. The summed E-state index contributed by atoms with van der Waals surface area (Å²) < 4.78 is 52.6. The molecule has 0 unspecified atom stereocenters. The van der Waals surface area contributed by atoms with E-state index in [-0.39, 0.29) is 11.3 Å². The van der Waals surface area contributed by atoms with Gasteiger partial charge in [-0.3, -0.25) is 4.98 Å². The molecular formula is C20H14F4N4. The zero-order valence-electron chi connectivity index (χ0n) is 14.5. The smallest absolute Gasteiger partial charge is 0.355 e. The first-order valence-corrected chi connectivity index (χ1v) is 8.01. The fourth-order valence-corrected chi connectivity index (χ4v) is 2.44. The van der Waals surface area contributed by atoms with E-state index in [9.17, 15) is 17.6 Å². The van der Waals surface area contributed by atoms with Crippen LogP contribution in [0.15, 0.2) is 79.6 Å². The number of nitrogens with zero attached hydrogens (tertiary/aromatic N) is 3. The fourth-order valence-electron chi connectivity index (χ4n) is 2.44. The van der Waals surface area contributed by atoms with Crippen LogP contribution in [0, 0.1) is 0 Å². The molecule has 0 saturated heterocycles. The molecule has 0 aliphatic heterocycles. The maximum Gasteiger partial charge on any atom is 0.415 e. The third-order valence-corrected chi connectivity index (χ3v) is 3.79. The van der Waals surface area contributed by atoms with Gasteiger partial charge in [0.05, 0.1) is 11.4 Å². The molecule has 0 spiro atoms. The molecule has 142 valence electrons. The summed E-state index contributed by atoms with van der Waals surface area (Å²) >= 11 is 0. The minimum atomic E-state index is -4.70. The predicted octanol–water partition coefficient (Wildman–Crippen LogP) is 5.75. The van der Waals surface area contributed by atoms with Crippen molar-refractivity contribution < 1.29 is 17.6 Å². The van der Waals surface area contributed by atoms with E-state index >= 15 is 0 Å². The van der Waals surface area contributed by atoms with Crippen molar-refractivity contribution in [3.63, 3.8) is 0 Å². The lowest BCUT2D eigenvalue weighted by molar-refractivity contribution is -0.0877. The highest BCUT2D eigenvalue weighted by atomic mass is 19.4. The lowest BCUT2D eigenvalue weighted by Gasteiger charge is -2.13. The highest BCUT2D eigenvalue weighted by Gasteiger charge is 2.31. The van der Waals surface area contributed by atoms with E-state index < -0.39 is 23.1 Å². The Morgan fingerprint density at radius 1 is 1.07 bits per heavy atom. The van der Waals surface area contributed by atoms with E-state index in [1.165, 1.54) is 12.3 Å². The summed E-state index contributed by atoms with van der Waals surface area (Å²) in [6.07, 6.45) is 0.515. The minimum absolute atomic E-state index is 0.0549. The minimum Gasteiger partial charge on any atom is -0.355 e. The van der Waals surface area contributed by atoms with Crippen LogP contribution in [0.4, 0.5) is 28.9 Å². The van der Waals surface area contributed by atoms with Crippen LogP contribution < -0.4 is 5.32 Å². The van der Waals surface area contributed by atoms with Gasteiger partial charge in [0.25, 0.3) is 0 Å². The molecule has 4 nitrogen and oxygen atoms in total. The van der Waals surface area contributed by atoms with Crippen molar-refractivity contribution in [3.05, 3.63) is 85.3 Å². The van der Waals surface area contributed by atoms with Gasteiger partial charge in [0.15, 0.2) is 5.65 Å². The van der Waals surface area contributed by atoms with Gasteiger partial charge in [-0.05, 0) is 36.4 Å². The monoisotopic (exact) mass is 386 g/mol. The molecule has 1 N–H and O–H groups in total. The Hall–Kier alpha value is -3.55. The molecular weight excluding hydrogens is 372 g/mol. The average molecular weight is 386 g/mol. The second kappa shape index (κ2) is 7.59. The normalized spacial score (nSPS) is 12.1. The van der Waals surface area contributed by atoms with Crippen LogP contribution in [0.1, 0.15) is 5.69 Å². The fraction of sp³-hybridized carbons (Fsp3) is 0.0500. The molecule has 0 radical (unpaired) electrons. The number of aromatic nitrogens is 3. The molecule has 0 aromatic carbocycles. The predicted molar refractivity (Wildman–Crippen MR) is 100 cm³/mol. The Morgan fingerprint density at radius 3 is 2.43 bits per heavy atom. The lowest BCUT2D eigenvalue weighted by Crippen LogP contribution is -2.09. The van der Waals surface area contributed by atoms with Gasteiger partial charge in [-0.1, -0.05) is 13.2 Å². The zero-order chi connectivity index (χ0) is 20.3. The van der Waals surface area contributed by atoms with Crippen LogP contribution in [0.2, 0.25) is 0 Å². The first kappa shape index (κ1) is 19.2. The number of allylic oxidation sites excluding steroid dienone is 4. The molecule has 3 aromatic rings. The molecule has 0 saturated carbocycles. The number of anilines is 2. The molecule has 0 amide bonds. The number of nitrogens with one attached hydrogen (secondary N) is 1. The maximum atomic E-state index is 14.0. The van der Waals surface area contributed by atoms with E-state index in [1.807, 2.05) is 0 Å². The van der Waals surface area contributed by atoms with E-state index in [0.29, 0.717) is 22.8 Å². The van der Waals surface area contributed by atoms with Gasteiger partial charge in [-0.2, -0.15) is 13.2 Å². The molecule has 3 rings (SSSR count). The van der Waals surface area contributed by atoms with Gasteiger partial charge < -0.3 is 5.32 Å². The van der Waals surface area contributed by atoms with Crippen molar-refractivity contribution in [2.45, 2.75) is 6.18 Å². The maximum absolute atomic E-state index is 14.0. The molecule has 3 heterocycles. The van der Waals surface area contributed by atoms with Gasteiger partial charge in [0, 0.05) is 40.8 Å². The molecule has 28 heavy (non-hydrogen) atoms. The van der Waals surface area contributed by atoms with E-state index in [2.05, 4.69) is 33.4 Å². The van der Waals surface area contributed by atoms with Gasteiger partial charge in [0.1, 0.15) is 5.83 Å². The molecule has 8 heteroatoms. The third-order valence-electron chi connectivity index (χ3n) is 3.79. The van der Waals surface area contributed by atoms with E-state index in [0.717, 1.165) is 0 Å².